The van der Waals surface area contributed by atoms with E-state index in [1.807, 2.05) is 0 Å². The van der Waals surface area contributed by atoms with Crippen LogP contribution >= 0.6 is 0 Å². The van der Waals surface area contributed by atoms with Crippen molar-refractivity contribution >= 4 is 11.7 Å². The van der Waals surface area contributed by atoms with Gasteiger partial charge < -0.3 is 10.5 Å². The van der Waals surface area contributed by atoms with E-state index in [4.69, 9.17) is 10.5 Å². The Morgan fingerprint density at radius 3 is 2.37 bits per heavy atom. The van der Waals surface area contributed by atoms with Gasteiger partial charge in [-0.05, 0) is 24.3 Å². The van der Waals surface area contributed by atoms with E-state index < -0.39 is 5.91 Å². The number of hydrogen-bond donors (Lipinski definition) is 1. The summed E-state index contributed by atoms with van der Waals surface area (Å²) in [6, 6.07) is 8.34. The standard InChI is InChI=1S/C13H13N3O3/c1-8(17)12-7-11(13(14)18)15-16(12)9-3-5-10(19-2)6-4-9/h3-7H,1-2H3,(H2,14,18). The quantitative estimate of drug-likeness (QED) is 0.835. The van der Waals surface area contributed by atoms with Crippen molar-refractivity contribution in [2.24, 2.45) is 5.73 Å². The molecule has 6 nitrogen and oxygen atoms in total. The molecule has 0 saturated heterocycles. The largest absolute Gasteiger partial charge is 0.497 e. The molecule has 0 aliphatic rings. The molecule has 1 aromatic carbocycles. The van der Waals surface area contributed by atoms with Crippen molar-refractivity contribution in [2.45, 2.75) is 6.92 Å². The first kappa shape index (κ1) is 12.8. The molecule has 19 heavy (non-hydrogen) atoms. The van der Waals surface area contributed by atoms with Crippen molar-refractivity contribution < 1.29 is 14.3 Å². The van der Waals surface area contributed by atoms with Crippen LogP contribution in [0.15, 0.2) is 30.3 Å². The second-order valence-corrected chi connectivity index (χ2v) is 3.95. The minimum absolute atomic E-state index is 0.0565. The Bertz CT molecular complexity index is 629. The van der Waals surface area contributed by atoms with Gasteiger partial charge in [0.1, 0.15) is 11.4 Å². The van der Waals surface area contributed by atoms with Crippen molar-refractivity contribution in [1.29, 1.82) is 0 Å². The lowest BCUT2D eigenvalue weighted by Crippen LogP contribution is -2.12. The van der Waals surface area contributed by atoms with E-state index in [0.29, 0.717) is 17.1 Å². The number of ether oxygens (including phenoxy) is 1. The zero-order valence-electron chi connectivity index (χ0n) is 10.6. The van der Waals surface area contributed by atoms with E-state index in [1.165, 1.54) is 17.7 Å². The number of carbonyl (C=O) groups is 2. The maximum Gasteiger partial charge on any atom is 0.269 e. The van der Waals surface area contributed by atoms with Crippen LogP contribution in [0.1, 0.15) is 27.9 Å². The van der Waals surface area contributed by atoms with Crippen LogP contribution in [-0.4, -0.2) is 28.6 Å². The van der Waals surface area contributed by atoms with Crippen LogP contribution in [0.3, 0.4) is 0 Å². The Balaban J connectivity index is 2.52. The first-order chi connectivity index (χ1) is 9.02. The van der Waals surface area contributed by atoms with Gasteiger partial charge in [0.15, 0.2) is 11.5 Å². The molecule has 1 amide bonds. The average Bonchev–Trinajstić information content (AvgIpc) is 2.84. The molecule has 0 unspecified atom stereocenters. The maximum atomic E-state index is 11.6. The predicted molar refractivity (Wildman–Crippen MR) is 68.6 cm³/mol. The van der Waals surface area contributed by atoms with Gasteiger partial charge in [-0.2, -0.15) is 5.10 Å². The lowest BCUT2D eigenvalue weighted by Gasteiger charge is -2.06. The Morgan fingerprint density at radius 1 is 1.26 bits per heavy atom. The Morgan fingerprint density at radius 2 is 1.89 bits per heavy atom. The smallest absolute Gasteiger partial charge is 0.269 e. The third-order valence-electron chi connectivity index (χ3n) is 2.64. The van der Waals surface area contributed by atoms with E-state index in [-0.39, 0.29) is 11.5 Å². The van der Waals surface area contributed by atoms with Gasteiger partial charge in [0.2, 0.25) is 0 Å². The van der Waals surface area contributed by atoms with Gasteiger partial charge in [0.05, 0.1) is 12.8 Å². The van der Waals surface area contributed by atoms with Crippen molar-refractivity contribution in [3.8, 4) is 11.4 Å². The van der Waals surface area contributed by atoms with Crippen LogP contribution in [-0.2, 0) is 0 Å². The Kier molecular flexibility index (Phi) is 3.33. The Hall–Kier alpha value is -2.63. The van der Waals surface area contributed by atoms with E-state index in [1.54, 1.807) is 31.4 Å². The fraction of sp³-hybridized carbons (Fsp3) is 0.154. The summed E-state index contributed by atoms with van der Waals surface area (Å²) in [4.78, 5) is 22.7. The van der Waals surface area contributed by atoms with Gasteiger partial charge in [0.25, 0.3) is 5.91 Å². The third-order valence-corrected chi connectivity index (χ3v) is 2.64. The topological polar surface area (TPSA) is 87.2 Å². The fourth-order valence-electron chi connectivity index (χ4n) is 1.67. The van der Waals surface area contributed by atoms with Crippen molar-refractivity contribution in [2.75, 3.05) is 7.11 Å². The molecule has 0 spiro atoms. The summed E-state index contributed by atoms with van der Waals surface area (Å²) in [5.74, 6) is -0.180. The zero-order chi connectivity index (χ0) is 14.0. The number of nitrogens with zero attached hydrogens (tertiary/aromatic N) is 2. The van der Waals surface area contributed by atoms with Gasteiger partial charge in [-0.25, -0.2) is 4.68 Å². The van der Waals surface area contributed by atoms with Crippen LogP contribution in [0.25, 0.3) is 5.69 Å². The second-order valence-electron chi connectivity index (χ2n) is 3.95. The number of ketones is 1. The molecule has 0 fully saturated rings. The monoisotopic (exact) mass is 259 g/mol. The summed E-state index contributed by atoms with van der Waals surface area (Å²) in [5, 5.41) is 4.04. The predicted octanol–water partition coefficient (Wildman–Crippen LogP) is 1.18. The molecule has 6 heteroatoms. The van der Waals surface area contributed by atoms with E-state index in [2.05, 4.69) is 5.10 Å². The first-order valence-corrected chi connectivity index (χ1v) is 5.58. The minimum Gasteiger partial charge on any atom is -0.497 e. The molecule has 0 aliphatic heterocycles. The number of methoxy groups -OCH3 is 1. The number of hydrogen-bond acceptors (Lipinski definition) is 4. The number of amides is 1. The average molecular weight is 259 g/mol. The summed E-state index contributed by atoms with van der Waals surface area (Å²) < 4.78 is 6.45. The van der Waals surface area contributed by atoms with Gasteiger partial charge in [-0.3, -0.25) is 9.59 Å². The summed E-state index contributed by atoms with van der Waals surface area (Å²) >= 11 is 0. The van der Waals surface area contributed by atoms with Gasteiger partial charge in [-0.15, -0.1) is 0 Å². The van der Waals surface area contributed by atoms with Crippen molar-refractivity contribution in [3.05, 3.63) is 41.7 Å². The van der Waals surface area contributed by atoms with Crippen LogP contribution in [0.5, 0.6) is 5.75 Å². The normalized spacial score (nSPS) is 10.2. The van der Waals surface area contributed by atoms with Crippen molar-refractivity contribution in [1.82, 2.24) is 9.78 Å². The molecule has 98 valence electrons. The van der Waals surface area contributed by atoms with Crippen LogP contribution in [0.2, 0.25) is 0 Å². The van der Waals surface area contributed by atoms with E-state index in [0.717, 1.165) is 0 Å². The highest BCUT2D eigenvalue weighted by Gasteiger charge is 2.16. The number of nitrogens with two attached hydrogens (primary N) is 1. The summed E-state index contributed by atoms with van der Waals surface area (Å²) in [5.41, 5.74) is 6.19. The second kappa shape index (κ2) is 4.93. The molecule has 2 N–H and O–H groups in total. The molecular weight excluding hydrogens is 246 g/mol. The molecule has 2 aromatic rings. The number of benzene rings is 1. The van der Waals surface area contributed by atoms with Gasteiger partial charge in [-0.1, -0.05) is 0 Å². The third kappa shape index (κ3) is 2.47. The van der Waals surface area contributed by atoms with Gasteiger partial charge in [0, 0.05) is 13.0 Å². The number of rotatable bonds is 4. The van der Waals surface area contributed by atoms with Crippen LogP contribution in [0, 0.1) is 0 Å². The SMILES string of the molecule is COc1ccc(-n2nc(C(N)=O)cc2C(C)=O)cc1. The summed E-state index contributed by atoms with van der Waals surface area (Å²) in [6.07, 6.45) is 0. The number of carbonyl (C=O) groups excluding carboxylic acids is 2. The van der Waals surface area contributed by atoms with E-state index >= 15 is 0 Å². The maximum absolute atomic E-state index is 11.6. The summed E-state index contributed by atoms with van der Waals surface area (Å²) in [7, 11) is 1.56. The number of primary amides is 1. The van der Waals surface area contributed by atoms with Crippen LogP contribution in [0.4, 0.5) is 0 Å². The van der Waals surface area contributed by atoms with Crippen molar-refractivity contribution in [3.63, 3.8) is 0 Å². The Labute approximate surface area is 109 Å². The number of aromatic nitrogens is 2. The highest BCUT2D eigenvalue weighted by molar-refractivity contribution is 5.97. The molecule has 2 rings (SSSR count). The zero-order valence-corrected chi connectivity index (χ0v) is 10.6. The molecular formula is C13H13N3O3. The molecule has 0 aliphatic carbocycles. The minimum atomic E-state index is -0.672. The molecule has 0 saturated carbocycles. The molecule has 1 heterocycles. The number of Topliss-reactive ketones (excluding diaryl/α,β-unsaturated/α-hetero) is 1. The highest BCUT2D eigenvalue weighted by Crippen LogP contribution is 2.17. The summed E-state index contributed by atoms with van der Waals surface area (Å²) in [6.45, 7) is 1.40. The highest BCUT2D eigenvalue weighted by atomic mass is 16.5. The van der Waals surface area contributed by atoms with Crippen LogP contribution < -0.4 is 10.5 Å². The van der Waals surface area contributed by atoms with Gasteiger partial charge >= 0.3 is 0 Å². The first-order valence-electron chi connectivity index (χ1n) is 5.58. The molecule has 0 bridgehead atoms. The molecule has 0 radical (unpaired) electrons. The molecule has 0 atom stereocenters. The fourth-order valence-corrected chi connectivity index (χ4v) is 1.67. The molecule has 1 aromatic heterocycles. The van der Waals surface area contributed by atoms with E-state index in [9.17, 15) is 9.59 Å². The lowest BCUT2D eigenvalue weighted by atomic mass is 10.2. The lowest BCUT2D eigenvalue weighted by molar-refractivity contribution is 0.0991.